The van der Waals surface area contributed by atoms with Gasteiger partial charge in [0.15, 0.2) is 0 Å². The molecule has 0 aliphatic heterocycles. The van der Waals surface area contributed by atoms with Crippen LogP contribution >= 0.6 is 0 Å². The molecule has 0 saturated carbocycles. The van der Waals surface area contributed by atoms with Gasteiger partial charge in [-0.25, -0.2) is 4.39 Å². The van der Waals surface area contributed by atoms with Crippen molar-refractivity contribution in [1.29, 1.82) is 0 Å². The summed E-state index contributed by atoms with van der Waals surface area (Å²) in [6, 6.07) is 11.2. The molecule has 0 N–H and O–H groups in total. The molecule has 86 valence electrons. The molecule has 2 aromatic carbocycles. The van der Waals surface area contributed by atoms with Crippen LogP contribution in [0.3, 0.4) is 0 Å². The number of rotatable bonds is 2. The molecule has 0 aliphatic carbocycles. The molecular formula is C13H10FNO2. The van der Waals surface area contributed by atoms with Crippen LogP contribution in [0.25, 0.3) is 11.1 Å². The molecule has 0 atom stereocenters. The fraction of sp³-hybridized carbons (Fsp3) is 0.0769. The minimum absolute atomic E-state index is 0.0428. The van der Waals surface area contributed by atoms with Gasteiger partial charge in [-0.1, -0.05) is 30.3 Å². The van der Waals surface area contributed by atoms with Gasteiger partial charge < -0.3 is 0 Å². The monoisotopic (exact) mass is 231 g/mol. The van der Waals surface area contributed by atoms with Crippen LogP contribution in [0.15, 0.2) is 42.5 Å². The molecule has 17 heavy (non-hydrogen) atoms. The summed E-state index contributed by atoms with van der Waals surface area (Å²) in [5, 5.41) is 10.9. The third-order valence-electron chi connectivity index (χ3n) is 2.47. The second kappa shape index (κ2) is 4.33. The van der Waals surface area contributed by atoms with Crippen LogP contribution in [0.2, 0.25) is 0 Å². The lowest BCUT2D eigenvalue weighted by molar-refractivity contribution is -0.384. The number of nitro benzene ring substituents is 1. The number of benzene rings is 2. The van der Waals surface area contributed by atoms with E-state index >= 15 is 0 Å². The average Bonchev–Trinajstić information content (AvgIpc) is 2.29. The van der Waals surface area contributed by atoms with Crippen molar-refractivity contribution in [2.75, 3.05) is 0 Å². The van der Waals surface area contributed by atoms with E-state index in [0.717, 1.165) is 0 Å². The largest absolute Gasteiger partial charge is 0.280 e. The molecule has 0 saturated heterocycles. The van der Waals surface area contributed by atoms with Crippen molar-refractivity contribution in [2.24, 2.45) is 0 Å². The molecule has 0 spiro atoms. The van der Waals surface area contributed by atoms with Crippen LogP contribution in [0, 0.1) is 22.9 Å². The Morgan fingerprint density at radius 1 is 1.18 bits per heavy atom. The maximum Gasteiger partial charge on any atom is 0.280 e. The molecule has 0 heterocycles. The van der Waals surface area contributed by atoms with Crippen molar-refractivity contribution in [3.8, 4) is 11.1 Å². The lowest BCUT2D eigenvalue weighted by atomic mass is 10.0. The van der Waals surface area contributed by atoms with Crippen LogP contribution in [0.5, 0.6) is 0 Å². The molecule has 3 nitrogen and oxygen atoms in total. The summed E-state index contributed by atoms with van der Waals surface area (Å²) in [6.07, 6.45) is 0. The van der Waals surface area contributed by atoms with E-state index in [2.05, 4.69) is 0 Å². The number of hydrogen-bond donors (Lipinski definition) is 0. The van der Waals surface area contributed by atoms with Gasteiger partial charge in [0, 0.05) is 6.07 Å². The van der Waals surface area contributed by atoms with E-state index < -0.39 is 10.7 Å². The lowest BCUT2D eigenvalue weighted by Gasteiger charge is -2.05. The highest BCUT2D eigenvalue weighted by Gasteiger charge is 2.20. The number of nitro groups is 1. The zero-order chi connectivity index (χ0) is 12.4. The van der Waals surface area contributed by atoms with Gasteiger partial charge in [0.1, 0.15) is 5.82 Å². The summed E-state index contributed by atoms with van der Waals surface area (Å²) >= 11 is 0. The predicted octanol–water partition coefficient (Wildman–Crippen LogP) is 3.71. The zero-order valence-corrected chi connectivity index (χ0v) is 9.18. The van der Waals surface area contributed by atoms with E-state index in [1.165, 1.54) is 12.1 Å². The molecule has 0 unspecified atom stereocenters. The van der Waals surface area contributed by atoms with Gasteiger partial charge in [0.25, 0.3) is 5.69 Å². The number of aryl methyl sites for hydroxylation is 1. The molecular weight excluding hydrogens is 221 g/mol. The molecule has 0 amide bonds. The minimum atomic E-state index is -0.567. The maximum atomic E-state index is 13.9. The first-order valence-corrected chi connectivity index (χ1v) is 5.09. The van der Waals surface area contributed by atoms with Gasteiger partial charge in [-0.05, 0) is 24.1 Å². The highest BCUT2D eigenvalue weighted by molar-refractivity contribution is 5.74. The Balaban J connectivity index is 2.72. The molecule has 0 bridgehead atoms. The van der Waals surface area contributed by atoms with Crippen LogP contribution in [0.4, 0.5) is 10.1 Å². The van der Waals surface area contributed by atoms with Crippen molar-refractivity contribution in [3.63, 3.8) is 0 Å². The summed E-state index contributed by atoms with van der Waals surface area (Å²) in [5.74, 6) is -0.567. The molecule has 0 fully saturated rings. The van der Waals surface area contributed by atoms with Gasteiger partial charge in [-0.2, -0.15) is 0 Å². The number of hydrogen-bond acceptors (Lipinski definition) is 2. The predicted molar refractivity (Wildman–Crippen MR) is 63.2 cm³/mol. The Morgan fingerprint density at radius 2 is 1.82 bits per heavy atom. The zero-order valence-electron chi connectivity index (χ0n) is 9.18. The smallest absolute Gasteiger partial charge is 0.258 e. The SMILES string of the molecule is Cc1cc(F)c(-c2ccccc2)c([N+](=O)[O-])c1. The van der Waals surface area contributed by atoms with E-state index in [9.17, 15) is 14.5 Å². The van der Waals surface area contributed by atoms with Crippen molar-refractivity contribution >= 4 is 5.69 Å². The summed E-state index contributed by atoms with van der Waals surface area (Å²) in [6.45, 7) is 1.63. The Labute approximate surface area is 97.7 Å². The molecule has 4 heteroatoms. The number of halogens is 1. The summed E-state index contributed by atoms with van der Waals surface area (Å²) in [7, 11) is 0. The van der Waals surface area contributed by atoms with Gasteiger partial charge in [0.05, 0.1) is 10.5 Å². The molecule has 2 rings (SSSR count). The fourth-order valence-corrected chi connectivity index (χ4v) is 1.76. The number of nitrogens with zero attached hydrogens (tertiary/aromatic N) is 1. The van der Waals surface area contributed by atoms with E-state index in [-0.39, 0.29) is 11.3 Å². The Bertz CT molecular complexity index is 567. The Morgan fingerprint density at radius 3 is 2.41 bits per heavy atom. The Kier molecular flexibility index (Phi) is 2.87. The third-order valence-corrected chi connectivity index (χ3v) is 2.47. The summed E-state index contributed by atoms with van der Waals surface area (Å²) in [5.41, 5.74) is 0.889. The van der Waals surface area contributed by atoms with Crippen LogP contribution in [-0.2, 0) is 0 Å². The van der Waals surface area contributed by atoms with Crippen LogP contribution in [-0.4, -0.2) is 4.92 Å². The van der Waals surface area contributed by atoms with Crippen molar-refractivity contribution in [3.05, 3.63) is 64.0 Å². The second-order valence-corrected chi connectivity index (χ2v) is 3.76. The Hall–Kier alpha value is -2.23. The van der Waals surface area contributed by atoms with Gasteiger partial charge in [0.2, 0.25) is 0 Å². The maximum absolute atomic E-state index is 13.9. The van der Waals surface area contributed by atoms with E-state index in [4.69, 9.17) is 0 Å². The van der Waals surface area contributed by atoms with Crippen molar-refractivity contribution in [1.82, 2.24) is 0 Å². The van der Waals surface area contributed by atoms with E-state index in [1.54, 1.807) is 37.3 Å². The van der Waals surface area contributed by atoms with Gasteiger partial charge in [-0.15, -0.1) is 0 Å². The molecule has 0 aliphatic rings. The summed E-state index contributed by atoms with van der Waals surface area (Å²) < 4.78 is 13.9. The van der Waals surface area contributed by atoms with E-state index in [1.807, 2.05) is 0 Å². The first kappa shape index (κ1) is 11.3. The van der Waals surface area contributed by atoms with Gasteiger partial charge >= 0.3 is 0 Å². The summed E-state index contributed by atoms with van der Waals surface area (Å²) in [4.78, 5) is 10.4. The van der Waals surface area contributed by atoms with Crippen molar-refractivity contribution < 1.29 is 9.31 Å². The average molecular weight is 231 g/mol. The first-order chi connectivity index (χ1) is 8.09. The molecule has 2 aromatic rings. The highest BCUT2D eigenvalue weighted by Crippen LogP contribution is 2.33. The second-order valence-electron chi connectivity index (χ2n) is 3.76. The molecule has 0 aromatic heterocycles. The van der Waals surface area contributed by atoms with Crippen molar-refractivity contribution in [2.45, 2.75) is 6.92 Å². The standard InChI is InChI=1S/C13H10FNO2/c1-9-7-11(14)13(12(8-9)15(16)17)10-5-3-2-4-6-10/h2-8H,1H3. The normalized spacial score (nSPS) is 10.2. The molecule has 0 radical (unpaired) electrons. The van der Waals surface area contributed by atoms with Crippen LogP contribution < -0.4 is 0 Å². The third kappa shape index (κ3) is 2.15. The lowest BCUT2D eigenvalue weighted by Crippen LogP contribution is -1.96. The minimum Gasteiger partial charge on any atom is -0.258 e. The fourth-order valence-electron chi connectivity index (χ4n) is 1.76. The topological polar surface area (TPSA) is 43.1 Å². The first-order valence-electron chi connectivity index (χ1n) is 5.09. The van der Waals surface area contributed by atoms with Gasteiger partial charge in [-0.3, -0.25) is 10.1 Å². The quantitative estimate of drug-likeness (QED) is 0.584. The highest BCUT2D eigenvalue weighted by atomic mass is 19.1. The van der Waals surface area contributed by atoms with E-state index in [0.29, 0.717) is 11.1 Å². The van der Waals surface area contributed by atoms with Crippen LogP contribution in [0.1, 0.15) is 5.56 Å².